The number of ether oxygens (including phenoxy) is 1. The van der Waals surface area contributed by atoms with Crippen LogP contribution in [0.4, 0.5) is 5.69 Å². The third-order valence-electron chi connectivity index (χ3n) is 3.68. The van der Waals surface area contributed by atoms with Crippen molar-refractivity contribution in [3.63, 3.8) is 0 Å². The highest BCUT2D eigenvalue weighted by Crippen LogP contribution is 2.32. The Hall–Kier alpha value is -1.55. The number of rotatable bonds is 3. The number of anilines is 1. The zero-order chi connectivity index (χ0) is 13.3. The highest BCUT2D eigenvalue weighted by molar-refractivity contribution is 5.77. The maximum absolute atomic E-state index is 11.6. The Bertz CT molecular complexity index is 495. The number of carbonyl (C=O) groups is 1. The third-order valence-corrected chi connectivity index (χ3v) is 3.68. The molecule has 0 saturated heterocycles. The molecule has 0 saturated carbocycles. The van der Waals surface area contributed by atoms with E-state index in [-0.39, 0.29) is 12.4 Å². The van der Waals surface area contributed by atoms with Gasteiger partial charge in [0.05, 0.1) is 13.0 Å². The molecule has 18 heavy (non-hydrogen) atoms. The summed E-state index contributed by atoms with van der Waals surface area (Å²) in [5.41, 5.74) is 12.6. The van der Waals surface area contributed by atoms with E-state index in [1.165, 1.54) is 11.1 Å². The first-order valence-electron chi connectivity index (χ1n) is 6.31. The lowest BCUT2D eigenvalue weighted by atomic mass is 9.91. The minimum absolute atomic E-state index is 0.211. The fraction of sp³-hybridized carbons (Fsp3) is 0.500. The normalized spacial score (nSPS) is 13.5. The number of nitrogens with two attached hydrogens (primary N) is 1. The summed E-state index contributed by atoms with van der Waals surface area (Å²) in [5.74, 6) is -0.211. The highest BCUT2D eigenvalue weighted by atomic mass is 16.5. The van der Waals surface area contributed by atoms with Gasteiger partial charge in [-0.3, -0.25) is 4.79 Å². The zero-order valence-electron chi connectivity index (χ0n) is 11.2. The second-order valence-electron chi connectivity index (χ2n) is 4.68. The predicted octanol–water partition coefficient (Wildman–Crippen LogP) is 1.59. The molecule has 1 aromatic rings. The lowest BCUT2D eigenvalue weighted by Crippen LogP contribution is -2.13. The van der Waals surface area contributed by atoms with E-state index >= 15 is 0 Å². The van der Waals surface area contributed by atoms with E-state index in [1.807, 2.05) is 20.8 Å². The number of benzene rings is 1. The van der Waals surface area contributed by atoms with Crippen molar-refractivity contribution in [3.8, 4) is 0 Å². The summed E-state index contributed by atoms with van der Waals surface area (Å²) in [7, 11) is 0. The van der Waals surface area contributed by atoms with Crippen molar-refractivity contribution in [2.24, 2.45) is 0 Å². The monoisotopic (exact) mass is 248 g/mol. The highest BCUT2D eigenvalue weighted by Gasteiger charge is 2.22. The summed E-state index contributed by atoms with van der Waals surface area (Å²) < 4.78 is 5.00. The minimum atomic E-state index is -0.211. The molecule has 0 spiro atoms. The molecule has 0 unspecified atom stereocenters. The van der Waals surface area contributed by atoms with E-state index in [1.54, 1.807) is 0 Å². The summed E-state index contributed by atoms with van der Waals surface area (Å²) >= 11 is 0. The van der Waals surface area contributed by atoms with Gasteiger partial charge in [0.2, 0.25) is 0 Å². The number of carbonyl (C=O) groups excluding carboxylic acids is 1. The molecular weight excluding hydrogens is 228 g/mol. The number of hydrogen-bond donors (Lipinski definition) is 2. The van der Waals surface area contributed by atoms with Crippen LogP contribution in [0.15, 0.2) is 0 Å². The molecule has 0 atom stereocenters. The quantitative estimate of drug-likeness (QED) is 0.630. The number of nitrogen functional groups attached to an aromatic ring is 1. The number of fused-ring (bicyclic) bond motifs is 1. The first-order chi connectivity index (χ1) is 8.56. The summed E-state index contributed by atoms with van der Waals surface area (Å²) in [4.78, 5) is 11.6. The number of esters is 1. The van der Waals surface area contributed by atoms with Crippen LogP contribution in [0, 0.1) is 13.8 Å². The van der Waals surface area contributed by atoms with Gasteiger partial charge < -0.3 is 15.8 Å². The van der Waals surface area contributed by atoms with Crippen LogP contribution < -0.4 is 11.1 Å². The van der Waals surface area contributed by atoms with E-state index < -0.39 is 0 Å². The third kappa shape index (κ3) is 2.08. The Morgan fingerprint density at radius 3 is 2.50 bits per heavy atom. The molecule has 3 N–H and O–H groups in total. The molecule has 98 valence electrons. The Kier molecular flexibility index (Phi) is 3.57. The molecule has 1 aliphatic rings. The molecule has 1 heterocycles. The summed E-state index contributed by atoms with van der Waals surface area (Å²) in [6, 6.07) is 0. The molecule has 0 amide bonds. The first kappa shape index (κ1) is 12.9. The van der Waals surface area contributed by atoms with E-state index in [9.17, 15) is 4.79 Å². The zero-order valence-corrected chi connectivity index (χ0v) is 11.2. The smallest absolute Gasteiger partial charge is 0.310 e. The average molecular weight is 248 g/mol. The summed E-state index contributed by atoms with van der Waals surface area (Å²) in [6.07, 6.45) is 0.264. The van der Waals surface area contributed by atoms with Gasteiger partial charge in [0, 0.05) is 18.8 Å². The lowest BCUT2D eigenvalue weighted by molar-refractivity contribution is -0.142. The first-order valence-corrected chi connectivity index (χ1v) is 6.31. The maximum atomic E-state index is 11.6. The maximum Gasteiger partial charge on any atom is 0.310 e. The van der Waals surface area contributed by atoms with E-state index in [2.05, 4.69) is 5.32 Å². The number of hydrogen-bond acceptors (Lipinski definition) is 4. The van der Waals surface area contributed by atoms with Gasteiger partial charge in [0.1, 0.15) is 0 Å². The molecular formula is C14H20N2O2. The Morgan fingerprint density at radius 1 is 1.28 bits per heavy atom. The molecule has 0 bridgehead atoms. The Morgan fingerprint density at radius 2 is 1.89 bits per heavy atom. The van der Waals surface area contributed by atoms with Crippen LogP contribution in [-0.2, 0) is 29.0 Å². The van der Waals surface area contributed by atoms with E-state index in [4.69, 9.17) is 10.5 Å². The molecule has 4 heteroatoms. The van der Waals surface area contributed by atoms with Crippen LogP contribution >= 0.6 is 0 Å². The number of nitrogens with one attached hydrogen (secondary N) is 1. The Labute approximate surface area is 108 Å². The van der Waals surface area contributed by atoms with Gasteiger partial charge in [-0.15, -0.1) is 0 Å². The van der Waals surface area contributed by atoms with Gasteiger partial charge in [-0.05, 0) is 48.6 Å². The Balaban J connectivity index is 2.42. The molecule has 0 aromatic heterocycles. The molecule has 0 aliphatic carbocycles. The van der Waals surface area contributed by atoms with Gasteiger partial charge in [-0.1, -0.05) is 0 Å². The van der Waals surface area contributed by atoms with Gasteiger partial charge in [0.15, 0.2) is 0 Å². The SMILES string of the molecule is CCOC(=O)Cc1c(C)c2c(c(C)c1N)CNC2. The summed E-state index contributed by atoms with van der Waals surface area (Å²) in [5, 5.41) is 3.33. The van der Waals surface area contributed by atoms with Gasteiger partial charge in [0.25, 0.3) is 0 Å². The van der Waals surface area contributed by atoms with Gasteiger partial charge >= 0.3 is 5.97 Å². The molecule has 0 radical (unpaired) electrons. The predicted molar refractivity (Wildman–Crippen MR) is 71.2 cm³/mol. The summed E-state index contributed by atoms with van der Waals surface area (Å²) in [6.45, 7) is 8.00. The fourth-order valence-electron chi connectivity index (χ4n) is 2.60. The topological polar surface area (TPSA) is 64.3 Å². The van der Waals surface area contributed by atoms with Crippen molar-refractivity contribution in [1.82, 2.24) is 5.32 Å². The average Bonchev–Trinajstić information content (AvgIpc) is 2.81. The second kappa shape index (κ2) is 4.98. The second-order valence-corrected chi connectivity index (χ2v) is 4.68. The van der Waals surface area contributed by atoms with Crippen molar-refractivity contribution in [2.75, 3.05) is 12.3 Å². The van der Waals surface area contributed by atoms with Crippen molar-refractivity contribution in [1.29, 1.82) is 0 Å². The van der Waals surface area contributed by atoms with Crippen molar-refractivity contribution >= 4 is 11.7 Å². The molecule has 0 fully saturated rings. The van der Waals surface area contributed by atoms with Crippen LogP contribution in [0.2, 0.25) is 0 Å². The van der Waals surface area contributed by atoms with Gasteiger partial charge in [-0.2, -0.15) is 0 Å². The van der Waals surface area contributed by atoms with Crippen LogP contribution in [0.1, 0.15) is 34.7 Å². The van der Waals surface area contributed by atoms with Crippen molar-refractivity contribution in [2.45, 2.75) is 40.3 Å². The fourth-order valence-corrected chi connectivity index (χ4v) is 2.60. The van der Waals surface area contributed by atoms with Gasteiger partial charge in [-0.25, -0.2) is 0 Å². The molecule has 4 nitrogen and oxygen atoms in total. The molecule has 1 aliphatic heterocycles. The molecule has 1 aromatic carbocycles. The van der Waals surface area contributed by atoms with Crippen molar-refractivity contribution in [3.05, 3.63) is 27.8 Å². The van der Waals surface area contributed by atoms with Crippen molar-refractivity contribution < 1.29 is 9.53 Å². The van der Waals surface area contributed by atoms with E-state index in [0.717, 1.165) is 35.5 Å². The van der Waals surface area contributed by atoms with Crippen LogP contribution in [-0.4, -0.2) is 12.6 Å². The lowest BCUT2D eigenvalue weighted by Gasteiger charge is -2.17. The van der Waals surface area contributed by atoms with Crippen LogP contribution in [0.25, 0.3) is 0 Å². The van der Waals surface area contributed by atoms with Crippen LogP contribution in [0.5, 0.6) is 0 Å². The molecule has 2 rings (SSSR count). The van der Waals surface area contributed by atoms with Crippen LogP contribution in [0.3, 0.4) is 0 Å². The minimum Gasteiger partial charge on any atom is -0.466 e. The largest absolute Gasteiger partial charge is 0.466 e. The van der Waals surface area contributed by atoms with E-state index in [0.29, 0.717) is 6.61 Å². The standard InChI is InChI=1S/C14H20N2O2/c1-4-18-13(17)5-10-8(2)11-6-16-7-12(11)9(3)14(10)15/h16H,4-7,15H2,1-3H3.